The molecule has 0 spiro atoms. The molecule has 2 rings (SSSR count). The van der Waals surface area contributed by atoms with Crippen molar-refractivity contribution in [3.8, 4) is 5.75 Å². The molecular weight excluding hydrogens is 221 g/mol. The van der Waals surface area contributed by atoms with Gasteiger partial charge in [-0.1, -0.05) is 6.07 Å². The average Bonchev–Trinajstić information content (AvgIpc) is 2.61. The first-order valence-electron chi connectivity index (χ1n) is 4.98. The summed E-state index contributed by atoms with van der Waals surface area (Å²) in [7, 11) is 0. The fourth-order valence-electron chi connectivity index (χ4n) is 2.00. The SMILES string of the molecule is OCCC1COc2cccc(C(F)(F)F)c21. The van der Waals surface area contributed by atoms with Gasteiger partial charge in [0.05, 0.1) is 12.2 Å². The van der Waals surface area contributed by atoms with E-state index in [9.17, 15) is 13.2 Å². The zero-order valence-electron chi connectivity index (χ0n) is 8.42. The van der Waals surface area contributed by atoms with Crippen LogP contribution in [-0.2, 0) is 6.18 Å². The molecular formula is C11H11F3O2. The first-order chi connectivity index (χ1) is 7.54. The molecule has 5 heteroatoms. The lowest BCUT2D eigenvalue weighted by Gasteiger charge is -2.14. The van der Waals surface area contributed by atoms with Crippen LogP contribution in [0.2, 0.25) is 0 Å². The molecule has 1 aromatic rings. The second kappa shape index (κ2) is 3.97. The van der Waals surface area contributed by atoms with E-state index in [0.717, 1.165) is 6.07 Å². The molecule has 1 aliphatic rings. The lowest BCUT2D eigenvalue weighted by atomic mass is 9.93. The maximum atomic E-state index is 12.7. The molecule has 0 aromatic heterocycles. The Morgan fingerprint density at radius 1 is 1.38 bits per heavy atom. The molecule has 0 bridgehead atoms. The van der Waals surface area contributed by atoms with E-state index >= 15 is 0 Å². The number of aliphatic hydroxyl groups is 1. The lowest BCUT2D eigenvalue weighted by molar-refractivity contribution is -0.138. The van der Waals surface area contributed by atoms with Crippen molar-refractivity contribution in [2.24, 2.45) is 0 Å². The maximum absolute atomic E-state index is 12.7. The number of fused-ring (bicyclic) bond motifs is 1. The first-order valence-corrected chi connectivity index (χ1v) is 4.98. The zero-order chi connectivity index (χ0) is 11.8. The minimum Gasteiger partial charge on any atom is -0.493 e. The quantitative estimate of drug-likeness (QED) is 0.849. The monoisotopic (exact) mass is 232 g/mol. The summed E-state index contributed by atoms with van der Waals surface area (Å²) in [6.45, 7) is 0.0721. The largest absolute Gasteiger partial charge is 0.493 e. The standard InChI is InChI=1S/C11H11F3O2/c12-11(13,14)8-2-1-3-9-10(8)7(4-5-15)6-16-9/h1-3,7,15H,4-6H2. The summed E-state index contributed by atoms with van der Waals surface area (Å²) in [5.41, 5.74) is -0.468. The molecule has 16 heavy (non-hydrogen) atoms. The summed E-state index contributed by atoms with van der Waals surface area (Å²) in [6, 6.07) is 3.92. The molecule has 0 aliphatic carbocycles. The second-order valence-corrected chi connectivity index (χ2v) is 3.74. The van der Waals surface area contributed by atoms with Crippen LogP contribution in [0, 0.1) is 0 Å². The Balaban J connectivity index is 2.45. The van der Waals surface area contributed by atoms with E-state index in [4.69, 9.17) is 9.84 Å². The second-order valence-electron chi connectivity index (χ2n) is 3.74. The summed E-state index contributed by atoms with van der Waals surface area (Å²) in [4.78, 5) is 0. The van der Waals surface area contributed by atoms with Crippen molar-refractivity contribution in [2.75, 3.05) is 13.2 Å². The normalized spacial score (nSPS) is 19.4. The minimum absolute atomic E-state index is 0.139. The van der Waals surface area contributed by atoms with Crippen molar-refractivity contribution in [1.82, 2.24) is 0 Å². The summed E-state index contributed by atoms with van der Waals surface area (Å²) >= 11 is 0. The van der Waals surface area contributed by atoms with Gasteiger partial charge < -0.3 is 9.84 Å². The molecule has 1 N–H and O–H groups in total. The van der Waals surface area contributed by atoms with E-state index in [1.165, 1.54) is 12.1 Å². The molecule has 0 saturated heterocycles. The molecule has 1 heterocycles. The third-order valence-corrected chi connectivity index (χ3v) is 2.70. The Kier molecular flexibility index (Phi) is 2.80. The van der Waals surface area contributed by atoms with Crippen molar-refractivity contribution >= 4 is 0 Å². The molecule has 0 fully saturated rings. The fourth-order valence-corrected chi connectivity index (χ4v) is 2.00. The van der Waals surface area contributed by atoms with Gasteiger partial charge in [0.1, 0.15) is 5.75 Å². The fraction of sp³-hybridized carbons (Fsp3) is 0.455. The molecule has 88 valence electrons. The molecule has 1 unspecified atom stereocenters. The number of benzene rings is 1. The van der Waals surface area contributed by atoms with Crippen LogP contribution >= 0.6 is 0 Å². The third-order valence-electron chi connectivity index (χ3n) is 2.70. The Labute approximate surface area is 90.7 Å². The van der Waals surface area contributed by atoms with Gasteiger partial charge in [0.25, 0.3) is 0 Å². The number of aliphatic hydroxyl groups excluding tert-OH is 1. The van der Waals surface area contributed by atoms with Crippen molar-refractivity contribution in [3.63, 3.8) is 0 Å². The molecule has 0 saturated carbocycles. The maximum Gasteiger partial charge on any atom is 0.416 e. The van der Waals surface area contributed by atoms with Crippen LogP contribution in [0.25, 0.3) is 0 Å². The third kappa shape index (κ3) is 1.87. The molecule has 2 nitrogen and oxygen atoms in total. The van der Waals surface area contributed by atoms with Gasteiger partial charge in [-0.15, -0.1) is 0 Å². The topological polar surface area (TPSA) is 29.5 Å². The highest BCUT2D eigenvalue weighted by molar-refractivity contribution is 5.47. The molecule has 1 atom stereocenters. The van der Waals surface area contributed by atoms with Crippen molar-refractivity contribution in [1.29, 1.82) is 0 Å². The number of ether oxygens (including phenoxy) is 1. The number of halogens is 3. The number of hydrogen-bond donors (Lipinski definition) is 1. The van der Waals surface area contributed by atoms with E-state index < -0.39 is 11.7 Å². The number of hydrogen-bond acceptors (Lipinski definition) is 2. The Hall–Kier alpha value is -1.23. The van der Waals surface area contributed by atoms with Crippen molar-refractivity contribution in [3.05, 3.63) is 29.3 Å². The lowest BCUT2D eigenvalue weighted by Crippen LogP contribution is -2.11. The Morgan fingerprint density at radius 3 is 2.75 bits per heavy atom. The minimum atomic E-state index is -4.37. The Bertz CT molecular complexity index is 385. The molecule has 1 aromatic carbocycles. The summed E-state index contributed by atoms with van der Waals surface area (Å²) < 4.78 is 43.4. The Morgan fingerprint density at radius 2 is 2.12 bits per heavy atom. The zero-order valence-corrected chi connectivity index (χ0v) is 8.42. The van der Waals surface area contributed by atoms with E-state index in [1.54, 1.807) is 0 Å². The van der Waals surface area contributed by atoms with Gasteiger partial charge in [-0.25, -0.2) is 0 Å². The number of alkyl halides is 3. The predicted octanol–water partition coefficient (Wildman–Crippen LogP) is 2.56. The van der Waals surface area contributed by atoms with Gasteiger partial charge in [0.15, 0.2) is 0 Å². The van der Waals surface area contributed by atoms with E-state index in [-0.39, 0.29) is 30.4 Å². The van der Waals surface area contributed by atoms with E-state index in [1.807, 2.05) is 0 Å². The van der Waals surface area contributed by atoms with E-state index in [2.05, 4.69) is 0 Å². The highest BCUT2D eigenvalue weighted by Crippen LogP contribution is 2.44. The summed E-state index contributed by atoms with van der Waals surface area (Å²) in [5, 5.41) is 8.81. The van der Waals surface area contributed by atoms with E-state index in [0.29, 0.717) is 6.42 Å². The number of rotatable bonds is 2. The van der Waals surface area contributed by atoms with Gasteiger partial charge in [0, 0.05) is 18.1 Å². The van der Waals surface area contributed by atoms with Gasteiger partial charge >= 0.3 is 6.18 Å². The van der Waals surface area contributed by atoms with Gasteiger partial charge in [-0.3, -0.25) is 0 Å². The average molecular weight is 232 g/mol. The highest BCUT2D eigenvalue weighted by atomic mass is 19.4. The smallest absolute Gasteiger partial charge is 0.416 e. The van der Waals surface area contributed by atoms with Crippen LogP contribution in [0.1, 0.15) is 23.5 Å². The van der Waals surface area contributed by atoms with Crippen LogP contribution in [0.15, 0.2) is 18.2 Å². The van der Waals surface area contributed by atoms with Crippen LogP contribution in [0.3, 0.4) is 0 Å². The van der Waals surface area contributed by atoms with Crippen LogP contribution in [-0.4, -0.2) is 18.3 Å². The van der Waals surface area contributed by atoms with Crippen LogP contribution in [0.5, 0.6) is 5.75 Å². The molecule has 1 aliphatic heterocycles. The highest BCUT2D eigenvalue weighted by Gasteiger charge is 2.39. The summed E-state index contributed by atoms with van der Waals surface area (Å²) in [6.07, 6.45) is -4.08. The van der Waals surface area contributed by atoms with Gasteiger partial charge in [0.2, 0.25) is 0 Å². The summed E-state index contributed by atoms with van der Waals surface area (Å²) in [5.74, 6) is -0.0777. The van der Waals surface area contributed by atoms with Crippen LogP contribution < -0.4 is 4.74 Å². The van der Waals surface area contributed by atoms with Gasteiger partial charge in [-0.2, -0.15) is 13.2 Å². The predicted molar refractivity (Wildman–Crippen MR) is 51.4 cm³/mol. The van der Waals surface area contributed by atoms with Crippen molar-refractivity contribution < 1.29 is 23.0 Å². The molecule has 0 amide bonds. The van der Waals surface area contributed by atoms with Crippen LogP contribution in [0.4, 0.5) is 13.2 Å². The van der Waals surface area contributed by atoms with Crippen molar-refractivity contribution in [2.45, 2.75) is 18.5 Å². The first kappa shape index (κ1) is 11.3. The van der Waals surface area contributed by atoms with Gasteiger partial charge in [-0.05, 0) is 18.6 Å². The molecule has 0 radical (unpaired) electrons.